The fraction of sp³-hybridized carbons (Fsp3) is 0.500. The number of aromatic nitrogens is 2. The minimum atomic E-state index is -1.07. The Balaban J connectivity index is 2.03. The van der Waals surface area contributed by atoms with Crippen LogP contribution in [0.1, 0.15) is 11.4 Å². The van der Waals surface area contributed by atoms with Gasteiger partial charge in [-0.25, -0.2) is 0 Å². The number of rotatable bonds is 4. The zero-order valence-corrected chi connectivity index (χ0v) is 11.8. The summed E-state index contributed by atoms with van der Waals surface area (Å²) < 4.78 is 0. The largest absolute Gasteiger partial charge is 0.480 e. The van der Waals surface area contributed by atoms with Crippen molar-refractivity contribution >= 4 is 23.5 Å². The van der Waals surface area contributed by atoms with Crippen molar-refractivity contribution in [2.24, 2.45) is 0 Å². The summed E-state index contributed by atoms with van der Waals surface area (Å²) in [4.78, 5) is 35.9. The van der Waals surface area contributed by atoms with Gasteiger partial charge < -0.3 is 15.7 Å². The quantitative estimate of drug-likeness (QED) is 0.555. The van der Waals surface area contributed by atoms with Crippen LogP contribution in [0.25, 0.3) is 0 Å². The van der Waals surface area contributed by atoms with Gasteiger partial charge in [-0.2, -0.15) is 5.10 Å². The maximum absolute atomic E-state index is 12.0. The van der Waals surface area contributed by atoms with E-state index in [-0.39, 0.29) is 31.4 Å². The molecule has 9 nitrogen and oxygen atoms in total. The van der Waals surface area contributed by atoms with Gasteiger partial charge in [0.2, 0.25) is 11.8 Å². The van der Waals surface area contributed by atoms with Gasteiger partial charge in [-0.3, -0.25) is 24.4 Å². The number of aliphatic carboxylic acids is 1. The van der Waals surface area contributed by atoms with Crippen molar-refractivity contribution in [1.29, 1.82) is 0 Å². The number of anilines is 1. The van der Waals surface area contributed by atoms with E-state index in [4.69, 9.17) is 5.11 Å². The Morgan fingerprint density at radius 3 is 2.76 bits per heavy atom. The van der Waals surface area contributed by atoms with Gasteiger partial charge in [0, 0.05) is 6.54 Å². The molecule has 1 atom stereocenters. The lowest BCUT2D eigenvalue weighted by Gasteiger charge is -2.31. The van der Waals surface area contributed by atoms with Crippen LogP contribution in [0.3, 0.4) is 0 Å². The minimum absolute atomic E-state index is 0.00872. The Labute approximate surface area is 120 Å². The molecular weight excluding hydrogens is 278 g/mol. The van der Waals surface area contributed by atoms with Crippen LogP contribution in [-0.2, 0) is 14.4 Å². The summed E-state index contributed by atoms with van der Waals surface area (Å²) in [6.07, 6.45) is 0. The van der Waals surface area contributed by atoms with Crippen LogP contribution in [0.5, 0.6) is 0 Å². The Bertz CT molecular complexity index is 563. The molecule has 1 aliphatic heterocycles. The summed E-state index contributed by atoms with van der Waals surface area (Å²) in [6.45, 7) is 3.21. The average Bonchev–Trinajstić information content (AvgIpc) is 2.70. The third-order valence-electron chi connectivity index (χ3n) is 3.30. The molecule has 2 amide bonds. The number of hydrogen-bond donors (Lipinski definition) is 4. The molecule has 1 aromatic heterocycles. The number of carboxylic acid groups (broad SMARTS) is 1. The predicted octanol–water partition coefficient (Wildman–Crippen LogP) is -1.15. The standard InChI is InChI=1S/C12H17N5O4/c1-6-11(7(2)16-15-6)14-10(19)5-17-4-9(18)13-3-8(17)12(20)21/h8H,3-5H2,1-2H3,(H,13,18)(H,14,19)(H,15,16)(H,20,21). The average molecular weight is 295 g/mol. The molecule has 0 radical (unpaired) electrons. The van der Waals surface area contributed by atoms with E-state index in [9.17, 15) is 14.4 Å². The van der Waals surface area contributed by atoms with Crippen molar-refractivity contribution in [1.82, 2.24) is 20.4 Å². The fourth-order valence-corrected chi connectivity index (χ4v) is 2.20. The second kappa shape index (κ2) is 5.92. The summed E-state index contributed by atoms with van der Waals surface area (Å²) in [5.74, 6) is -1.75. The van der Waals surface area contributed by atoms with Crippen LogP contribution in [0.15, 0.2) is 0 Å². The van der Waals surface area contributed by atoms with Gasteiger partial charge in [-0.1, -0.05) is 0 Å². The monoisotopic (exact) mass is 295 g/mol. The first-order chi connectivity index (χ1) is 9.88. The lowest BCUT2D eigenvalue weighted by molar-refractivity contribution is -0.146. The number of hydrogen-bond acceptors (Lipinski definition) is 5. The van der Waals surface area contributed by atoms with Crippen molar-refractivity contribution in [2.45, 2.75) is 19.9 Å². The number of aryl methyl sites for hydroxylation is 2. The maximum Gasteiger partial charge on any atom is 0.322 e. The molecule has 1 aromatic rings. The van der Waals surface area contributed by atoms with Crippen molar-refractivity contribution in [3.8, 4) is 0 Å². The highest BCUT2D eigenvalue weighted by molar-refractivity contribution is 5.94. The SMILES string of the molecule is Cc1n[nH]c(C)c1NC(=O)CN1CC(=O)NCC1C(=O)O. The summed E-state index contributed by atoms with van der Waals surface area (Å²) in [7, 11) is 0. The molecule has 2 heterocycles. The van der Waals surface area contributed by atoms with E-state index in [1.54, 1.807) is 13.8 Å². The first-order valence-corrected chi connectivity index (χ1v) is 6.43. The van der Waals surface area contributed by atoms with E-state index < -0.39 is 12.0 Å². The molecule has 1 saturated heterocycles. The van der Waals surface area contributed by atoms with E-state index in [1.165, 1.54) is 4.90 Å². The molecule has 21 heavy (non-hydrogen) atoms. The Hall–Kier alpha value is -2.42. The van der Waals surface area contributed by atoms with E-state index in [0.29, 0.717) is 17.1 Å². The van der Waals surface area contributed by atoms with Crippen LogP contribution in [-0.4, -0.2) is 63.7 Å². The van der Waals surface area contributed by atoms with Crippen molar-refractivity contribution in [3.63, 3.8) is 0 Å². The summed E-state index contributed by atoms with van der Waals surface area (Å²) in [5.41, 5.74) is 1.94. The van der Waals surface area contributed by atoms with Crippen LogP contribution in [0.4, 0.5) is 5.69 Å². The summed E-state index contributed by atoms with van der Waals surface area (Å²) in [6, 6.07) is -0.903. The second-order valence-electron chi connectivity index (χ2n) is 4.92. The molecule has 0 spiro atoms. The highest BCUT2D eigenvalue weighted by atomic mass is 16.4. The van der Waals surface area contributed by atoms with Gasteiger partial charge in [0.1, 0.15) is 6.04 Å². The van der Waals surface area contributed by atoms with E-state index in [1.807, 2.05) is 0 Å². The molecule has 1 unspecified atom stereocenters. The lowest BCUT2D eigenvalue weighted by atomic mass is 10.2. The van der Waals surface area contributed by atoms with Crippen LogP contribution in [0, 0.1) is 13.8 Å². The van der Waals surface area contributed by atoms with Crippen LogP contribution >= 0.6 is 0 Å². The van der Waals surface area contributed by atoms with Gasteiger partial charge >= 0.3 is 5.97 Å². The highest BCUT2D eigenvalue weighted by Gasteiger charge is 2.33. The molecule has 9 heteroatoms. The number of aromatic amines is 1. The molecule has 4 N–H and O–H groups in total. The molecular formula is C12H17N5O4. The Morgan fingerprint density at radius 2 is 2.19 bits per heavy atom. The predicted molar refractivity (Wildman–Crippen MR) is 72.7 cm³/mol. The molecule has 1 fully saturated rings. The maximum atomic E-state index is 12.0. The first-order valence-electron chi connectivity index (χ1n) is 6.43. The van der Waals surface area contributed by atoms with Crippen molar-refractivity contribution in [3.05, 3.63) is 11.4 Å². The topological polar surface area (TPSA) is 127 Å². The van der Waals surface area contributed by atoms with Crippen molar-refractivity contribution < 1.29 is 19.5 Å². The zero-order valence-electron chi connectivity index (χ0n) is 11.8. The Kier molecular flexibility index (Phi) is 4.22. The highest BCUT2D eigenvalue weighted by Crippen LogP contribution is 2.16. The van der Waals surface area contributed by atoms with Gasteiger partial charge in [0.15, 0.2) is 0 Å². The summed E-state index contributed by atoms with van der Waals surface area (Å²) >= 11 is 0. The number of amides is 2. The first kappa shape index (κ1) is 15.0. The third-order valence-corrected chi connectivity index (χ3v) is 3.30. The molecule has 1 aliphatic rings. The fourth-order valence-electron chi connectivity index (χ4n) is 2.20. The molecule has 0 aromatic carbocycles. The molecule has 0 saturated carbocycles. The minimum Gasteiger partial charge on any atom is -0.480 e. The number of carbonyl (C=O) groups is 3. The van der Waals surface area contributed by atoms with Crippen LogP contribution < -0.4 is 10.6 Å². The molecule has 0 bridgehead atoms. The number of H-pyrrole nitrogens is 1. The third kappa shape index (κ3) is 3.37. The number of piperazine rings is 1. The lowest BCUT2D eigenvalue weighted by Crippen LogP contribution is -2.58. The summed E-state index contributed by atoms with van der Waals surface area (Å²) in [5, 5.41) is 21.0. The Morgan fingerprint density at radius 1 is 1.48 bits per heavy atom. The van der Waals surface area contributed by atoms with Gasteiger partial charge in [0.05, 0.1) is 30.2 Å². The second-order valence-corrected chi connectivity index (χ2v) is 4.92. The van der Waals surface area contributed by atoms with Crippen molar-refractivity contribution in [2.75, 3.05) is 25.0 Å². The normalized spacial score (nSPS) is 19.1. The number of carbonyl (C=O) groups excluding carboxylic acids is 2. The van der Waals surface area contributed by atoms with Gasteiger partial charge in [-0.15, -0.1) is 0 Å². The smallest absolute Gasteiger partial charge is 0.322 e. The number of nitrogens with zero attached hydrogens (tertiary/aromatic N) is 2. The molecule has 114 valence electrons. The van der Waals surface area contributed by atoms with Gasteiger partial charge in [-0.05, 0) is 13.8 Å². The number of nitrogens with one attached hydrogen (secondary N) is 3. The molecule has 0 aliphatic carbocycles. The number of carboxylic acids is 1. The van der Waals surface area contributed by atoms with E-state index >= 15 is 0 Å². The molecule has 2 rings (SSSR count). The van der Waals surface area contributed by atoms with Crippen LogP contribution in [0.2, 0.25) is 0 Å². The van der Waals surface area contributed by atoms with Gasteiger partial charge in [0.25, 0.3) is 0 Å². The zero-order chi connectivity index (χ0) is 15.6. The van der Waals surface area contributed by atoms with E-state index in [2.05, 4.69) is 20.8 Å². The van der Waals surface area contributed by atoms with E-state index in [0.717, 1.165) is 0 Å².